The fourth-order valence-corrected chi connectivity index (χ4v) is 2.76. The molecule has 2 rings (SSSR count). The summed E-state index contributed by atoms with van der Waals surface area (Å²) in [6, 6.07) is 7.86. The Bertz CT molecular complexity index is 396. The zero-order valence-electron chi connectivity index (χ0n) is 12.8. The Balaban J connectivity index is 1.68. The van der Waals surface area contributed by atoms with Crippen molar-refractivity contribution in [2.45, 2.75) is 39.5 Å². The molecule has 0 radical (unpaired) electrons. The number of hydrogen-bond donors (Lipinski definition) is 1. The van der Waals surface area contributed by atoms with E-state index in [2.05, 4.69) is 12.2 Å². The molecule has 0 heterocycles. The van der Waals surface area contributed by atoms with E-state index in [1.165, 1.54) is 25.7 Å². The highest BCUT2D eigenvalue weighted by atomic mass is 16.5. The highest BCUT2D eigenvalue weighted by Crippen LogP contribution is 2.42. The minimum absolute atomic E-state index is 0.573. The first-order chi connectivity index (χ1) is 9.79. The molecule has 1 aromatic carbocycles. The molecule has 1 aromatic rings. The van der Waals surface area contributed by atoms with E-state index in [1.807, 2.05) is 31.2 Å². The monoisotopic (exact) mass is 277 g/mol. The molecule has 3 nitrogen and oxygen atoms in total. The van der Waals surface area contributed by atoms with Crippen molar-refractivity contribution in [3.8, 4) is 11.5 Å². The second-order valence-corrected chi connectivity index (χ2v) is 5.61. The maximum atomic E-state index is 5.80. The van der Waals surface area contributed by atoms with E-state index in [1.54, 1.807) is 0 Å². The first kappa shape index (κ1) is 15.2. The van der Waals surface area contributed by atoms with Crippen LogP contribution in [-0.4, -0.2) is 26.3 Å². The van der Waals surface area contributed by atoms with E-state index < -0.39 is 0 Å². The van der Waals surface area contributed by atoms with Crippen LogP contribution in [0.4, 0.5) is 0 Å². The number of benzene rings is 1. The lowest BCUT2D eigenvalue weighted by atomic mass is 9.67. The quantitative estimate of drug-likeness (QED) is 0.699. The summed E-state index contributed by atoms with van der Waals surface area (Å²) in [5.41, 5.74) is 0.573. The third-order valence-electron chi connectivity index (χ3n) is 4.35. The lowest BCUT2D eigenvalue weighted by molar-refractivity contribution is 0.122. The standard InChI is InChI=1S/C17H27NO2/c1-3-17(10-7-11-17)14-18-12-13-20-16-9-6-5-8-15(16)19-4-2/h5-6,8-9,18H,3-4,7,10-14H2,1-2H3. The lowest BCUT2D eigenvalue weighted by Gasteiger charge is -2.41. The number of nitrogens with one attached hydrogen (secondary N) is 1. The fraction of sp³-hybridized carbons (Fsp3) is 0.647. The van der Waals surface area contributed by atoms with Crippen LogP contribution in [0.2, 0.25) is 0 Å². The van der Waals surface area contributed by atoms with Crippen LogP contribution in [0, 0.1) is 5.41 Å². The van der Waals surface area contributed by atoms with Crippen LogP contribution in [0.3, 0.4) is 0 Å². The molecule has 112 valence electrons. The summed E-state index contributed by atoms with van der Waals surface area (Å²) in [5, 5.41) is 3.53. The van der Waals surface area contributed by atoms with Gasteiger partial charge in [0.1, 0.15) is 6.61 Å². The maximum absolute atomic E-state index is 5.80. The Hall–Kier alpha value is -1.22. The van der Waals surface area contributed by atoms with Gasteiger partial charge in [0.05, 0.1) is 6.61 Å². The van der Waals surface area contributed by atoms with Gasteiger partial charge >= 0.3 is 0 Å². The number of ether oxygens (including phenoxy) is 2. The van der Waals surface area contributed by atoms with Gasteiger partial charge in [0.15, 0.2) is 11.5 Å². The van der Waals surface area contributed by atoms with Gasteiger partial charge in [-0.05, 0) is 43.7 Å². The Labute approximate surface area is 122 Å². The lowest BCUT2D eigenvalue weighted by Crippen LogP contribution is -2.40. The highest BCUT2D eigenvalue weighted by Gasteiger charge is 2.34. The number of para-hydroxylation sites is 2. The molecule has 0 aliphatic heterocycles. The van der Waals surface area contributed by atoms with Crippen molar-refractivity contribution in [2.75, 3.05) is 26.3 Å². The number of rotatable bonds is 9. The summed E-state index contributed by atoms with van der Waals surface area (Å²) in [5.74, 6) is 1.67. The molecule has 0 spiro atoms. The minimum Gasteiger partial charge on any atom is -0.490 e. The molecular formula is C17H27NO2. The highest BCUT2D eigenvalue weighted by molar-refractivity contribution is 5.39. The van der Waals surface area contributed by atoms with Crippen molar-refractivity contribution < 1.29 is 9.47 Å². The molecule has 1 N–H and O–H groups in total. The molecule has 1 aliphatic carbocycles. The molecule has 1 fully saturated rings. The van der Waals surface area contributed by atoms with Gasteiger partial charge in [-0.2, -0.15) is 0 Å². The van der Waals surface area contributed by atoms with Crippen molar-refractivity contribution in [1.82, 2.24) is 5.32 Å². The molecule has 0 unspecified atom stereocenters. The molecule has 1 aliphatic rings. The Kier molecular flexibility index (Phi) is 5.72. The maximum Gasteiger partial charge on any atom is 0.161 e. The van der Waals surface area contributed by atoms with E-state index >= 15 is 0 Å². The van der Waals surface area contributed by atoms with Crippen molar-refractivity contribution in [3.63, 3.8) is 0 Å². The molecule has 1 saturated carbocycles. The zero-order chi connectivity index (χ0) is 14.3. The molecule has 3 heteroatoms. The van der Waals surface area contributed by atoms with Crippen LogP contribution in [-0.2, 0) is 0 Å². The topological polar surface area (TPSA) is 30.5 Å². The summed E-state index contributed by atoms with van der Waals surface area (Å²) in [4.78, 5) is 0. The van der Waals surface area contributed by atoms with Crippen molar-refractivity contribution in [2.24, 2.45) is 5.41 Å². The normalized spacial score (nSPS) is 16.5. The summed E-state index contributed by atoms with van der Waals surface area (Å²) in [7, 11) is 0. The van der Waals surface area contributed by atoms with Gasteiger partial charge in [-0.25, -0.2) is 0 Å². The smallest absolute Gasteiger partial charge is 0.161 e. The van der Waals surface area contributed by atoms with Gasteiger partial charge in [-0.3, -0.25) is 0 Å². The molecule has 0 bridgehead atoms. The molecule has 0 saturated heterocycles. The van der Waals surface area contributed by atoms with E-state index in [0.29, 0.717) is 18.6 Å². The zero-order valence-corrected chi connectivity index (χ0v) is 12.8. The first-order valence-corrected chi connectivity index (χ1v) is 7.85. The van der Waals surface area contributed by atoms with Gasteiger partial charge in [0.2, 0.25) is 0 Å². The average molecular weight is 277 g/mol. The predicted octanol–water partition coefficient (Wildman–Crippen LogP) is 3.63. The SMILES string of the molecule is CCOc1ccccc1OCCNCC1(CC)CCC1. The van der Waals surface area contributed by atoms with Gasteiger partial charge in [0, 0.05) is 13.1 Å². The van der Waals surface area contributed by atoms with Gasteiger partial charge in [-0.15, -0.1) is 0 Å². The van der Waals surface area contributed by atoms with Gasteiger partial charge in [0.25, 0.3) is 0 Å². The van der Waals surface area contributed by atoms with Crippen LogP contribution in [0.5, 0.6) is 11.5 Å². The summed E-state index contributed by atoms with van der Waals surface area (Å²) in [6.45, 7) is 7.65. The van der Waals surface area contributed by atoms with Crippen LogP contribution in [0.25, 0.3) is 0 Å². The molecule has 0 amide bonds. The van der Waals surface area contributed by atoms with E-state index in [4.69, 9.17) is 9.47 Å². The summed E-state index contributed by atoms with van der Waals surface area (Å²) >= 11 is 0. The summed E-state index contributed by atoms with van der Waals surface area (Å²) in [6.07, 6.45) is 5.44. The Morgan fingerprint density at radius 3 is 2.35 bits per heavy atom. The minimum atomic E-state index is 0.573. The average Bonchev–Trinajstić information content (AvgIpc) is 2.43. The van der Waals surface area contributed by atoms with E-state index in [-0.39, 0.29) is 0 Å². The third kappa shape index (κ3) is 3.89. The van der Waals surface area contributed by atoms with E-state index in [0.717, 1.165) is 24.6 Å². The van der Waals surface area contributed by atoms with E-state index in [9.17, 15) is 0 Å². The van der Waals surface area contributed by atoms with Crippen LogP contribution in [0.1, 0.15) is 39.5 Å². The molecule has 0 aromatic heterocycles. The summed E-state index contributed by atoms with van der Waals surface area (Å²) < 4.78 is 11.3. The van der Waals surface area contributed by atoms with Crippen molar-refractivity contribution in [1.29, 1.82) is 0 Å². The second-order valence-electron chi connectivity index (χ2n) is 5.61. The molecular weight excluding hydrogens is 250 g/mol. The van der Waals surface area contributed by atoms with Gasteiger partial charge < -0.3 is 14.8 Å². The van der Waals surface area contributed by atoms with Crippen molar-refractivity contribution >= 4 is 0 Å². The largest absolute Gasteiger partial charge is 0.490 e. The van der Waals surface area contributed by atoms with Crippen LogP contribution < -0.4 is 14.8 Å². The fourth-order valence-electron chi connectivity index (χ4n) is 2.76. The number of hydrogen-bond acceptors (Lipinski definition) is 3. The predicted molar refractivity (Wildman–Crippen MR) is 82.6 cm³/mol. The van der Waals surface area contributed by atoms with Gasteiger partial charge in [-0.1, -0.05) is 25.5 Å². The van der Waals surface area contributed by atoms with Crippen molar-refractivity contribution in [3.05, 3.63) is 24.3 Å². The van der Waals surface area contributed by atoms with Crippen LogP contribution in [0.15, 0.2) is 24.3 Å². The Morgan fingerprint density at radius 2 is 1.80 bits per heavy atom. The first-order valence-electron chi connectivity index (χ1n) is 7.85. The molecule has 0 atom stereocenters. The third-order valence-corrected chi connectivity index (χ3v) is 4.35. The van der Waals surface area contributed by atoms with Crippen LogP contribution >= 0.6 is 0 Å². The Morgan fingerprint density at radius 1 is 1.10 bits per heavy atom. The molecule has 20 heavy (non-hydrogen) atoms. The second kappa shape index (κ2) is 7.53.